The molecule has 1 N–H and O–H groups in total. The lowest BCUT2D eigenvalue weighted by molar-refractivity contribution is -0.141. The number of unbranched alkanes of at least 4 members (excludes halogenated alkanes) is 1. The van der Waals surface area contributed by atoms with Gasteiger partial charge in [0.05, 0.1) is 25.7 Å². The minimum absolute atomic E-state index is 0.0561. The summed E-state index contributed by atoms with van der Waals surface area (Å²) in [5.74, 6) is 0.848. The molecule has 0 radical (unpaired) electrons. The third-order valence-corrected chi connectivity index (χ3v) is 8.37. The number of rotatable bonds is 18. The Bertz CT molecular complexity index is 1430. The Morgan fingerprint density at radius 1 is 0.886 bits per heavy atom. The van der Waals surface area contributed by atoms with Crippen LogP contribution in [0.25, 0.3) is 0 Å². The van der Waals surface area contributed by atoms with Crippen molar-refractivity contribution in [3.05, 3.63) is 90.0 Å². The quantitative estimate of drug-likeness (QED) is 0.196. The van der Waals surface area contributed by atoms with Gasteiger partial charge in [-0.3, -0.25) is 13.9 Å². The van der Waals surface area contributed by atoms with E-state index < -0.39 is 16.1 Å². The minimum Gasteiger partial charge on any atom is -0.497 e. The fraction of sp³-hybridized carbons (Fsp3) is 0.412. The third kappa shape index (κ3) is 10.6. The van der Waals surface area contributed by atoms with Gasteiger partial charge in [-0.2, -0.15) is 0 Å². The normalized spacial score (nSPS) is 11.8. The fourth-order valence-electron chi connectivity index (χ4n) is 4.91. The molecule has 9 nitrogen and oxygen atoms in total. The molecule has 3 aromatic rings. The Morgan fingerprint density at radius 2 is 1.59 bits per heavy atom. The van der Waals surface area contributed by atoms with Crippen LogP contribution >= 0.6 is 0 Å². The number of hydrogen-bond donors (Lipinski definition) is 1. The van der Waals surface area contributed by atoms with Crippen molar-refractivity contribution in [3.63, 3.8) is 0 Å². The first-order valence-electron chi connectivity index (χ1n) is 15.1. The number of benzene rings is 3. The number of nitrogens with zero attached hydrogens (tertiary/aromatic N) is 2. The van der Waals surface area contributed by atoms with E-state index in [2.05, 4.69) is 12.2 Å². The molecule has 238 valence electrons. The van der Waals surface area contributed by atoms with Gasteiger partial charge in [0.2, 0.25) is 21.8 Å². The van der Waals surface area contributed by atoms with E-state index in [4.69, 9.17) is 9.47 Å². The molecule has 0 bridgehead atoms. The van der Waals surface area contributed by atoms with Gasteiger partial charge in [-0.25, -0.2) is 8.42 Å². The van der Waals surface area contributed by atoms with Crippen LogP contribution < -0.4 is 19.1 Å². The molecule has 0 unspecified atom stereocenters. The molecule has 0 saturated heterocycles. The number of amides is 2. The van der Waals surface area contributed by atoms with Crippen molar-refractivity contribution in [1.82, 2.24) is 10.2 Å². The van der Waals surface area contributed by atoms with Crippen molar-refractivity contribution in [3.8, 4) is 11.5 Å². The van der Waals surface area contributed by atoms with Crippen LogP contribution in [0.2, 0.25) is 0 Å². The van der Waals surface area contributed by atoms with E-state index in [1.54, 1.807) is 36.3 Å². The van der Waals surface area contributed by atoms with Crippen LogP contribution in [0.4, 0.5) is 5.69 Å². The molecule has 0 aromatic heterocycles. The molecular weight excluding hydrogens is 578 g/mol. The third-order valence-electron chi connectivity index (χ3n) is 7.18. The van der Waals surface area contributed by atoms with Gasteiger partial charge in [0.25, 0.3) is 0 Å². The molecule has 0 aliphatic rings. The summed E-state index contributed by atoms with van der Waals surface area (Å²) < 4.78 is 37.6. The SMILES string of the molecule is CCCCNC(=O)[C@@H](Cc1ccccc1)N(Cc1cccc(OC)c1)C(=O)CCCN(c1ccc(OCC)cc1)S(C)(=O)=O. The van der Waals surface area contributed by atoms with Crippen molar-refractivity contribution in [2.75, 3.05) is 37.4 Å². The Labute approximate surface area is 262 Å². The molecule has 10 heteroatoms. The molecule has 3 rings (SSSR count). The van der Waals surface area contributed by atoms with E-state index in [1.807, 2.05) is 61.5 Å². The van der Waals surface area contributed by atoms with Crippen molar-refractivity contribution >= 4 is 27.5 Å². The summed E-state index contributed by atoms with van der Waals surface area (Å²) >= 11 is 0. The fourth-order valence-corrected chi connectivity index (χ4v) is 5.87. The van der Waals surface area contributed by atoms with Crippen LogP contribution in [0.3, 0.4) is 0 Å². The average molecular weight is 624 g/mol. The number of nitrogens with one attached hydrogen (secondary N) is 1. The molecule has 0 saturated carbocycles. The van der Waals surface area contributed by atoms with E-state index >= 15 is 0 Å². The number of hydrogen-bond acceptors (Lipinski definition) is 6. The van der Waals surface area contributed by atoms with Crippen LogP contribution in [0.15, 0.2) is 78.9 Å². The van der Waals surface area contributed by atoms with E-state index in [9.17, 15) is 18.0 Å². The highest BCUT2D eigenvalue weighted by Crippen LogP contribution is 2.23. The molecule has 2 amide bonds. The summed E-state index contributed by atoms with van der Waals surface area (Å²) in [5, 5.41) is 3.02. The topological polar surface area (TPSA) is 105 Å². The summed E-state index contributed by atoms with van der Waals surface area (Å²) in [6.45, 7) is 5.27. The van der Waals surface area contributed by atoms with Crippen LogP contribution in [-0.4, -0.2) is 64.2 Å². The van der Waals surface area contributed by atoms with Gasteiger partial charge in [-0.05, 0) is 67.3 Å². The lowest BCUT2D eigenvalue weighted by Gasteiger charge is -2.32. The molecule has 0 spiro atoms. The van der Waals surface area contributed by atoms with Gasteiger partial charge in [0.1, 0.15) is 17.5 Å². The predicted octanol–water partition coefficient (Wildman–Crippen LogP) is 5.20. The van der Waals surface area contributed by atoms with Crippen LogP contribution in [-0.2, 0) is 32.6 Å². The molecule has 3 aromatic carbocycles. The zero-order chi connectivity index (χ0) is 32.0. The van der Waals surface area contributed by atoms with E-state index in [0.29, 0.717) is 36.8 Å². The number of methoxy groups -OCH3 is 1. The van der Waals surface area contributed by atoms with Gasteiger partial charge >= 0.3 is 0 Å². The van der Waals surface area contributed by atoms with Crippen molar-refractivity contribution in [1.29, 1.82) is 0 Å². The summed E-state index contributed by atoms with van der Waals surface area (Å²) in [4.78, 5) is 29.2. The molecule has 1 atom stereocenters. The lowest BCUT2D eigenvalue weighted by atomic mass is 10.0. The van der Waals surface area contributed by atoms with E-state index in [1.165, 1.54) is 4.31 Å². The Morgan fingerprint density at radius 3 is 2.23 bits per heavy atom. The van der Waals surface area contributed by atoms with Gasteiger partial charge in [0, 0.05) is 32.5 Å². The smallest absolute Gasteiger partial charge is 0.243 e. The highest BCUT2D eigenvalue weighted by atomic mass is 32.2. The Balaban J connectivity index is 1.87. The zero-order valence-corrected chi connectivity index (χ0v) is 27.0. The number of carbonyl (C=O) groups excluding carboxylic acids is 2. The summed E-state index contributed by atoms with van der Waals surface area (Å²) in [5.41, 5.74) is 2.25. The molecule has 0 fully saturated rings. The van der Waals surface area contributed by atoms with Crippen LogP contribution in [0.1, 0.15) is 50.7 Å². The standard InChI is InChI=1S/C34H45N3O6S/c1-5-7-22-35-34(39)32(25-27-13-9-8-10-14-27)36(26-28-15-11-16-31(24-28)42-3)33(38)17-12-23-37(44(4,40)41)29-18-20-30(21-19-29)43-6-2/h8-11,13-16,18-21,24,32H,5-7,12,17,22-23,25-26H2,1-4H3,(H,35,39)/t32-/m1/s1. The summed E-state index contributed by atoms with van der Waals surface area (Å²) in [6, 6.07) is 23.1. The molecular formula is C34H45N3O6S. The van der Waals surface area contributed by atoms with E-state index in [-0.39, 0.29) is 37.7 Å². The monoisotopic (exact) mass is 623 g/mol. The maximum absolute atomic E-state index is 14.0. The van der Waals surface area contributed by atoms with Gasteiger partial charge in [-0.1, -0.05) is 55.8 Å². The van der Waals surface area contributed by atoms with Gasteiger partial charge < -0.3 is 19.7 Å². The first kappa shape index (κ1) is 34.4. The van der Waals surface area contributed by atoms with Gasteiger partial charge in [-0.15, -0.1) is 0 Å². The van der Waals surface area contributed by atoms with Crippen molar-refractivity contribution in [2.45, 2.75) is 58.5 Å². The van der Waals surface area contributed by atoms with E-state index in [0.717, 1.165) is 30.2 Å². The minimum atomic E-state index is -3.61. The number of ether oxygens (including phenoxy) is 2. The summed E-state index contributed by atoms with van der Waals surface area (Å²) in [7, 11) is -2.03. The first-order chi connectivity index (χ1) is 21.2. The summed E-state index contributed by atoms with van der Waals surface area (Å²) in [6.07, 6.45) is 3.58. The molecule has 0 heterocycles. The maximum atomic E-state index is 14.0. The van der Waals surface area contributed by atoms with Crippen LogP contribution in [0, 0.1) is 0 Å². The van der Waals surface area contributed by atoms with Gasteiger partial charge in [0.15, 0.2) is 0 Å². The molecule has 0 aliphatic carbocycles. The highest BCUT2D eigenvalue weighted by Gasteiger charge is 2.30. The second kappa shape index (κ2) is 17.3. The number of carbonyl (C=O) groups is 2. The lowest BCUT2D eigenvalue weighted by Crippen LogP contribution is -2.50. The maximum Gasteiger partial charge on any atom is 0.243 e. The zero-order valence-electron chi connectivity index (χ0n) is 26.2. The Hall–Kier alpha value is -4.05. The molecule has 44 heavy (non-hydrogen) atoms. The first-order valence-corrected chi connectivity index (χ1v) is 17.0. The Kier molecular flexibility index (Phi) is 13.5. The van der Waals surface area contributed by atoms with Crippen LogP contribution in [0.5, 0.6) is 11.5 Å². The molecule has 0 aliphatic heterocycles. The van der Waals surface area contributed by atoms with Crippen molar-refractivity contribution in [2.24, 2.45) is 0 Å². The number of anilines is 1. The highest BCUT2D eigenvalue weighted by molar-refractivity contribution is 7.92. The average Bonchev–Trinajstić information content (AvgIpc) is 3.01. The second-order valence-corrected chi connectivity index (χ2v) is 12.5. The predicted molar refractivity (Wildman–Crippen MR) is 174 cm³/mol. The second-order valence-electron chi connectivity index (χ2n) is 10.6. The van der Waals surface area contributed by atoms with Crippen molar-refractivity contribution < 1.29 is 27.5 Å². The number of sulfonamides is 1. The largest absolute Gasteiger partial charge is 0.497 e.